The first-order valence-corrected chi connectivity index (χ1v) is 13.7. The Morgan fingerprint density at radius 1 is 1.08 bits per heavy atom. The van der Waals surface area contributed by atoms with E-state index in [2.05, 4.69) is 51.8 Å². The van der Waals surface area contributed by atoms with E-state index in [4.69, 9.17) is 16.3 Å². The number of thioether (sulfide) groups is 1. The number of anilines is 1. The predicted molar refractivity (Wildman–Crippen MR) is 155 cm³/mol. The number of hydrogen-bond donors (Lipinski definition) is 0. The maximum absolute atomic E-state index is 13.1. The fourth-order valence-electron chi connectivity index (χ4n) is 3.75. The van der Waals surface area contributed by atoms with E-state index >= 15 is 0 Å². The summed E-state index contributed by atoms with van der Waals surface area (Å²) in [5.41, 5.74) is 3.70. The van der Waals surface area contributed by atoms with E-state index < -0.39 is 0 Å². The fourth-order valence-corrected chi connectivity index (χ4v) is 5.15. The molecule has 0 spiro atoms. The van der Waals surface area contributed by atoms with Crippen molar-refractivity contribution in [1.29, 1.82) is 0 Å². The Bertz CT molecular complexity index is 1310. The number of amidine groups is 1. The van der Waals surface area contributed by atoms with Crippen LogP contribution in [0.4, 0.5) is 11.4 Å². The van der Waals surface area contributed by atoms with Gasteiger partial charge < -0.3 is 9.64 Å². The summed E-state index contributed by atoms with van der Waals surface area (Å²) in [7, 11) is 1.73. The van der Waals surface area contributed by atoms with Gasteiger partial charge in [0.1, 0.15) is 12.4 Å². The molecule has 8 heteroatoms. The lowest BCUT2D eigenvalue weighted by atomic mass is 10.1. The van der Waals surface area contributed by atoms with Crippen LogP contribution in [0.3, 0.4) is 0 Å². The van der Waals surface area contributed by atoms with Crippen molar-refractivity contribution < 1.29 is 9.53 Å². The second-order valence-corrected chi connectivity index (χ2v) is 10.4. The molecule has 4 rings (SSSR count). The highest BCUT2D eigenvalue weighted by Gasteiger charge is 2.30. The number of hydrogen-bond acceptors (Lipinski definition) is 5. The quantitative estimate of drug-likeness (QED) is 0.254. The van der Waals surface area contributed by atoms with Gasteiger partial charge in [0, 0.05) is 41.9 Å². The molecule has 0 saturated carbocycles. The molecule has 1 aliphatic rings. The van der Waals surface area contributed by atoms with Gasteiger partial charge in [0.15, 0.2) is 5.17 Å². The number of benzene rings is 3. The van der Waals surface area contributed by atoms with Crippen LogP contribution < -0.4 is 9.64 Å². The zero-order valence-electron chi connectivity index (χ0n) is 20.4. The first kappa shape index (κ1) is 26.3. The highest BCUT2D eigenvalue weighted by atomic mass is 79.9. The normalized spacial score (nSPS) is 15.7. The van der Waals surface area contributed by atoms with Crippen molar-refractivity contribution in [3.63, 3.8) is 0 Å². The molecule has 186 valence electrons. The molecule has 0 radical (unpaired) electrons. The number of carbonyl (C=O) groups excluding carboxylic acids is 1. The van der Waals surface area contributed by atoms with Crippen molar-refractivity contribution >= 4 is 67.8 Å². The van der Waals surface area contributed by atoms with E-state index in [0.29, 0.717) is 27.4 Å². The predicted octanol–water partition coefficient (Wildman–Crippen LogP) is 7.76. The van der Waals surface area contributed by atoms with Crippen LogP contribution in [0.2, 0.25) is 5.02 Å². The number of nitrogens with zero attached hydrogens (tertiary/aromatic N) is 3. The van der Waals surface area contributed by atoms with Gasteiger partial charge in [-0.3, -0.25) is 9.69 Å². The van der Waals surface area contributed by atoms with Gasteiger partial charge in [0.2, 0.25) is 0 Å². The van der Waals surface area contributed by atoms with Gasteiger partial charge in [-0.05, 0) is 83.5 Å². The van der Waals surface area contributed by atoms with Crippen molar-refractivity contribution in [3.8, 4) is 5.75 Å². The standard InChI is InChI=1S/C28H27BrClN3O2S/c1-4-33(5-2)22-13-11-20(25(17-22)35-18-19-9-7-6-8-10-19)15-26-27(34)32(3)28(36-26)31-21-12-14-23(29)24(30)16-21/h6-17H,4-5,18H2,1-3H3/b26-15+,31-28?. The number of amides is 1. The molecule has 0 aliphatic carbocycles. The summed E-state index contributed by atoms with van der Waals surface area (Å²) in [6, 6.07) is 21.6. The molecule has 1 saturated heterocycles. The molecule has 0 atom stereocenters. The number of rotatable bonds is 8. The lowest BCUT2D eigenvalue weighted by molar-refractivity contribution is -0.121. The van der Waals surface area contributed by atoms with Gasteiger partial charge in [-0.2, -0.15) is 0 Å². The van der Waals surface area contributed by atoms with Crippen LogP contribution in [0.1, 0.15) is 25.0 Å². The summed E-state index contributed by atoms with van der Waals surface area (Å²) in [6.07, 6.45) is 1.88. The summed E-state index contributed by atoms with van der Waals surface area (Å²) in [5, 5.41) is 1.16. The second-order valence-electron chi connectivity index (χ2n) is 8.14. The van der Waals surface area contributed by atoms with E-state index in [1.165, 1.54) is 11.8 Å². The molecule has 0 bridgehead atoms. The van der Waals surface area contributed by atoms with Gasteiger partial charge in [0.25, 0.3) is 5.91 Å². The Kier molecular flexibility index (Phi) is 8.77. The smallest absolute Gasteiger partial charge is 0.266 e. The van der Waals surface area contributed by atoms with Crippen molar-refractivity contribution in [3.05, 3.63) is 92.3 Å². The van der Waals surface area contributed by atoms with Crippen LogP contribution in [0.15, 0.2) is 81.1 Å². The van der Waals surface area contributed by atoms with Crippen LogP contribution in [0.5, 0.6) is 5.75 Å². The molecular weight excluding hydrogens is 558 g/mol. The Morgan fingerprint density at radius 3 is 2.53 bits per heavy atom. The first-order chi connectivity index (χ1) is 17.4. The molecule has 1 heterocycles. The minimum Gasteiger partial charge on any atom is -0.488 e. The molecule has 0 unspecified atom stereocenters. The Labute approximate surface area is 229 Å². The molecule has 5 nitrogen and oxygen atoms in total. The van der Waals surface area contributed by atoms with Gasteiger partial charge in [-0.15, -0.1) is 0 Å². The second kappa shape index (κ2) is 12.0. The molecule has 3 aromatic carbocycles. The highest BCUT2D eigenvalue weighted by Crippen LogP contribution is 2.37. The van der Waals surface area contributed by atoms with E-state index in [1.807, 2.05) is 54.6 Å². The molecule has 1 aliphatic heterocycles. The van der Waals surface area contributed by atoms with E-state index in [-0.39, 0.29) is 5.91 Å². The topological polar surface area (TPSA) is 45.1 Å². The molecule has 0 aromatic heterocycles. The minimum absolute atomic E-state index is 0.108. The van der Waals surface area contributed by atoms with Crippen molar-refractivity contribution in [1.82, 2.24) is 4.90 Å². The lowest BCUT2D eigenvalue weighted by Gasteiger charge is -2.22. The number of likely N-dealkylation sites (N-methyl/N-ethyl adjacent to an activating group) is 1. The number of ether oxygens (including phenoxy) is 1. The maximum Gasteiger partial charge on any atom is 0.266 e. The van der Waals surface area contributed by atoms with Gasteiger partial charge in [0.05, 0.1) is 15.6 Å². The highest BCUT2D eigenvalue weighted by molar-refractivity contribution is 9.10. The van der Waals surface area contributed by atoms with Crippen LogP contribution in [-0.4, -0.2) is 36.1 Å². The monoisotopic (exact) mass is 583 g/mol. The number of aliphatic imine (C=N–C) groups is 1. The molecular formula is C28H27BrClN3O2S. The van der Waals surface area contributed by atoms with Crippen molar-refractivity contribution in [2.24, 2.45) is 4.99 Å². The SMILES string of the molecule is CCN(CC)c1ccc(/C=C2/SC(=Nc3ccc(Br)c(Cl)c3)N(C)C2=O)c(OCc2ccccc2)c1. The molecule has 36 heavy (non-hydrogen) atoms. The first-order valence-electron chi connectivity index (χ1n) is 11.7. The van der Waals surface area contributed by atoms with E-state index in [1.54, 1.807) is 18.0 Å². The molecule has 1 amide bonds. The third kappa shape index (κ3) is 6.14. The largest absolute Gasteiger partial charge is 0.488 e. The van der Waals surface area contributed by atoms with Crippen LogP contribution in [0, 0.1) is 0 Å². The van der Waals surface area contributed by atoms with Gasteiger partial charge >= 0.3 is 0 Å². The summed E-state index contributed by atoms with van der Waals surface area (Å²) in [4.78, 5) is 22.1. The number of carbonyl (C=O) groups is 1. The summed E-state index contributed by atoms with van der Waals surface area (Å²) >= 11 is 10.9. The Hall–Kier alpha value is -2.74. The Morgan fingerprint density at radius 2 is 1.83 bits per heavy atom. The summed E-state index contributed by atoms with van der Waals surface area (Å²) in [5.74, 6) is 0.626. The molecule has 0 N–H and O–H groups in total. The van der Waals surface area contributed by atoms with E-state index in [9.17, 15) is 4.79 Å². The third-order valence-electron chi connectivity index (χ3n) is 5.78. The average molecular weight is 585 g/mol. The van der Waals surface area contributed by atoms with Gasteiger partial charge in [-0.1, -0.05) is 41.9 Å². The summed E-state index contributed by atoms with van der Waals surface area (Å²) < 4.78 is 7.07. The van der Waals surface area contributed by atoms with Crippen LogP contribution >= 0.6 is 39.3 Å². The Balaban J connectivity index is 1.65. The molecule has 3 aromatic rings. The lowest BCUT2D eigenvalue weighted by Crippen LogP contribution is -2.23. The summed E-state index contributed by atoms with van der Waals surface area (Å²) in [6.45, 7) is 6.50. The third-order valence-corrected chi connectivity index (χ3v) is 8.07. The zero-order chi connectivity index (χ0) is 25.7. The zero-order valence-corrected chi connectivity index (χ0v) is 23.5. The molecule has 1 fully saturated rings. The number of halogens is 2. The van der Waals surface area contributed by atoms with E-state index in [0.717, 1.165) is 40.1 Å². The van der Waals surface area contributed by atoms with Crippen LogP contribution in [-0.2, 0) is 11.4 Å². The van der Waals surface area contributed by atoms with Crippen LogP contribution in [0.25, 0.3) is 6.08 Å². The average Bonchev–Trinajstić information content (AvgIpc) is 3.15. The minimum atomic E-state index is -0.108. The van der Waals surface area contributed by atoms with Crippen molar-refractivity contribution in [2.75, 3.05) is 25.0 Å². The maximum atomic E-state index is 13.1. The van der Waals surface area contributed by atoms with Gasteiger partial charge in [-0.25, -0.2) is 4.99 Å². The van der Waals surface area contributed by atoms with Crippen molar-refractivity contribution in [2.45, 2.75) is 20.5 Å². The fraction of sp³-hybridized carbons (Fsp3) is 0.214.